The summed E-state index contributed by atoms with van der Waals surface area (Å²) in [5.74, 6) is 0.420. The van der Waals surface area contributed by atoms with Crippen LogP contribution in [0.5, 0.6) is 0 Å². The van der Waals surface area contributed by atoms with Gasteiger partial charge in [-0.3, -0.25) is 4.79 Å². The quantitative estimate of drug-likeness (QED) is 0.847. The van der Waals surface area contributed by atoms with Crippen molar-refractivity contribution < 1.29 is 4.79 Å². The topological polar surface area (TPSA) is 99.8 Å². The van der Waals surface area contributed by atoms with E-state index in [9.17, 15) is 4.79 Å². The van der Waals surface area contributed by atoms with Gasteiger partial charge in [-0.25, -0.2) is 9.67 Å². The number of nitrogens with two attached hydrogens (primary N) is 2. The summed E-state index contributed by atoms with van der Waals surface area (Å²) < 4.78 is 2.19. The molecule has 4 N–H and O–H groups in total. The molecule has 0 unspecified atom stereocenters. The van der Waals surface area contributed by atoms with Gasteiger partial charge in [0.15, 0.2) is 11.6 Å². The number of anilines is 1. The zero-order chi connectivity index (χ0) is 11.7. The van der Waals surface area contributed by atoms with Crippen molar-refractivity contribution in [1.29, 1.82) is 0 Å². The molecule has 16 heavy (non-hydrogen) atoms. The summed E-state index contributed by atoms with van der Waals surface area (Å²) in [7, 11) is 0. The lowest BCUT2D eigenvalue weighted by molar-refractivity contribution is 0.1000. The Kier molecular flexibility index (Phi) is 2.61. The first-order chi connectivity index (χ1) is 7.58. The lowest BCUT2D eigenvalue weighted by Gasteiger charge is -2.00. The fourth-order valence-corrected chi connectivity index (χ4v) is 1.42. The van der Waals surface area contributed by atoms with E-state index in [1.807, 2.05) is 0 Å². The summed E-state index contributed by atoms with van der Waals surface area (Å²) in [6.45, 7) is 0. The summed E-state index contributed by atoms with van der Waals surface area (Å²) in [4.78, 5) is 14.9. The molecule has 1 amide bonds. The van der Waals surface area contributed by atoms with Crippen LogP contribution in [0.25, 0.3) is 5.82 Å². The van der Waals surface area contributed by atoms with Gasteiger partial charge in [0.25, 0.3) is 0 Å². The lowest BCUT2D eigenvalue weighted by Crippen LogP contribution is -2.11. The number of amides is 1. The molecular weight excluding hydrogens is 274 g/mol. The molecule has 7 heteroatoms. The van der Waals surface area contributed by atoms with Gasteiger partial charge in [-0.05, 0) is 28.1 Å². The number of hydrogen-bond donors (Lipinski definition) is 2. The van der Waals surface area contributed by atoms with Crippen molar-refractivity contribution in [3.05, 3.63) is 34.6 Å². The Morgan fingerprint density at radius 3 is 2.62 bits per heavy atom. The van der Waals surface area contributed by atoms with Gasteiger partial charge in [0, 0.05) is 12.4 Å². The Labute approximate surface area is 99.4 Å². The van der Waals surface area contributed by atoms with E-state index < -0.39 is 5.91 Å². The highest BCUT2D eigenvalue weighted by Gasteiger charge is 2.06. The number of carbonyl (C=O) groups excluding carboxylic acids is 1. The molecule has 0 radical (unpaired) electrons. The van der Waals surface area contributed by atoms with Crippen molar-refractivity contribution in [2.24, 2.45) is 5.73 Å². The second-order valence-corrected chi connectivity index (χ2v) is 3.93. The highest BCUT2D eigenvalue weighted by Crippen LogP contribution is 2.18. The Balaban J connectivity index is 2.38. The van der Waals surface area contributed by atoms with Gasteiger partial charge in [0.1, 0.15) is 0 Å². The average Bonchev–Trinajstić information content (AvgIpc) is 2.59. The Bertz CT molecular complexity index is 514. The Morgan fingerprint density at radius 1 is 1.44 bits per heavy atom. The Hall–Kier alpha value is -1.89. The van der Waals surface area contributed by atoms with Gasteiger partial charge in [-0.1, -0.05) is 0 Å². The molecule has 2 heterocycles. The first kappa shape index (κ1) is 10.6. The lowest BCUT2D eigenvalue weighted by atomic mass is 10.3. The molecule has 0 fully saturated rings. The van der Waals surface area contributed by atoms with E-state index in [0.29, 0.717) is 21.7 Å². The Morgan fingerprint density at radius 2 is 2.19 bits per heavy atom. The number of nitrogens with zero attached hydrogens (tertiary/aromatic N) is 3. The molecule has 0 bridgehead atoms. The molecule has 0 atom stereocenters. The van der Waals surface area contributed by atoms with Gasteiger partial charge >= 0.3 is 0 Å². The predicted octanol–water partition coefficient (Wildman–Crippen LogP) is 0.711. The molecule has 0 spiro atoms. The van der Waals surface area contributed by atoms with Crippen molar-refractivity contribution in [3.8, 4) is 5.82 Å². The number of aromatic nitrogens is 3. The third-order valence-electron chi connectivity index (χ3n) is 1.96. The molecule has 0 aliphatic rings. The van der Waals surface area contributed by atoms with Gasteiger partial charge in [0.2, 0.25) is 5.91 Å². The summed E-state index contributed by atoms with van der Waals surface area (Å²) in [6.07, 6.45) is 3.07. The zero-order valence-electron chi connectivity index (χ0n) is 8.09. The molecule has 0 aromatic carbocycles. The second-order valence-electron chi connectivity index (χ2n) is 3.08. The molecule has 0 aliphatic carbocycles. The minimum Gasteiger partial charge on any atom is -0.381 e. The van der Waals surface area contributed by atoms with Gasteiger partial charge in [-0.15, -0.1) is 5.10 Å². The highest BCUT2D eigenvalue weighted by molar-refractivity contribution is 9.10. The van der Waals surface area contributed by atoms with Crippen LogP contribution in [0.15, 0.2) is 29.0 Å². The second kappa shape index (κ2) is 3.93. The summed E-state index contributed by atoms with van der Waals surface area (Å²) in [5, 5.41) is 4.02. The molecule has 2 rings (SSSR count). The third-order valence-corrected chi connectivity index (χ3v) is 2.57. The van der Waals surface area contributed by atoms with Gasteiger partial charge in [0.05, 0.1) is 10.0 Å². The van der Waals surface area contributed by atoms with Crippen LogP contribution < -0.4 is 11.5 Å². The minimum absolute atomic E-state index is 0.350. The summed E-state index contributed by atoms with van der Waals surface area (Å²) >= 11 is 3.24. The van der Waals surface area contributed by atoms with E-state index in [4.69, 9.17) is 11.5 Å². The van der Waals surface area contributed by atoms with E-state index >= 15 is 0 Å². The number of pyridine rings is 1. The minimum atomic E-state index is -0.514. The van der Waals surface area contributed by atoms with E-state index in [2.05, 4.69) is 26.0 Å². The van der Waals surface area contributed by atoms with Crippen LogP contribution in [-0.4, -0.2) is 20.7 Å². The number of nitrogen functional groups attached to an aromatic ring is 1. The molecule has 0 aliphatic heterocycles. The van der Waals surface area contributed by atoms with Crippen molar-refractivity contribution in [2.45, 2.75) is 0 Å². The standard InChI is InChI=1S/C9H8BrN5O/c10-6-4-15(14-8(6)11)7-2-1-5(3-13-7)9(12)16/h1-4H,(H2,11,14)(H2,12,16). The highest BCUT2D eigenvalue weighted by atomic mass is 79.9. The summed E-state index contributed by atoms with van der Waals surface area (Å²) in [6, 6.07) is 3.22. The first-order valence-corrected chi connectivity index (χ1v) is 5.14. The molecule has 0 saturated heterocycles. The number of halogens is 1. The van der Waals surface area contributed by atoms with Crippen molar-refractivity contribution in [3.63, 3.8) is 0 Å². The molecule has 2 aromatic rings. The normalized spacial score (nSPS) is 10.3. The van der Waals surface area contributed by atoms with Crippen LogP contribution in [-0.2, 0) is 0 Å². The van der Waals surface area contributed by atoms with Crippen LogP contribution in [0.4, 0.5) is 5.82 Å². The fourth-order valence-electron chi connectivity index (χ4n) is 1.15. The number of primary amides is 1. The van der Waals surface area contributed by atoms with Crippen molar-refractivity contribution in [1.82, 2.24) is 14.8 Å². The fraction of sp³-hybridized carbons (Fsp3) is 0. The molecular formula is C9H8BrN5O. The van der Waals surface area contributed by atoms with E-state index in [-0.39, 0.29) is 0 Å². The molecule has 6 nitrogen and oxygen atoms in total. The number of rotatable bonds is 2. The van der Waals surface area contributed by atoms with Crippen LogP contribution in [0.1, 0.15) is 10.4 Å². The van der Waals surface area contributed by atoms with Crippen LogP contribution in [0.3, 0.4) is 0 Å². The van der Waals surface area contributed by atoms with Crippen LogP contribution in [0, 0.1) is 0 Å². The number of carbonyl (C=O) groups is 1. The number of hydrogen-bond acceptors (Lipinski definition) is 4. The molecule has 82 valence electrons. The van der Waals surface area contributed by atoms with E-state index in [1.165, 1.54) is 10.9 Å². The van der Waals surface area contributed by atoms with Crippen LogP contribution >= 0.6 is 15.9 Å². The molecule has 2 aromatic heterocycles. The average molecular weight is 282 g/mol. The maximum absolute atomic E-state index is 10.8. The first-order valence-electron chi connectivity index (χ1n) is 4.35. The third kappa shape index (κ3) is 1.89. The van der Waals surface area contributed by atoms with Crippen molar-refractivity contribution in [2.75, 3.05) is 5.73 Å². The zero-order valence-corrected chi connectivity index (χ0v) is 9.68. The maximum Gasteiger partial charge on any atom is 0.250 e. The monoisotopic (exact) mass is 281 g/mol. The van der Waals surface area contributed by atoms with Crippen LogP contribution in [0.2, 0.25) is 0 Å². The smallest absolute Gasteiger partial charge is 0.250 e. The predicted molar refractivity (Wildman–Crippen MR) is 62.0 cm³/mol. The molecule has 0 saturated carbocycles. The van der Waals surface area contributed by atoms with Gasteiger partial charge in [-0.2, -0.15) is 0 Å². The van der Waals surface area contributed by atoms with E-state index in [0.717, 1.165) is 0 Å². The van der Waals surface area contributed by atoms with E-state index in [1.54, 1.807) is 18.3 Å². The van der Waals surface area contributed by atoms with Crippen molar-refractivity contribution >= 4 is 27.7 Å². The summed E-state index contributed by atoms with van der Waals surface area (Å²) in [5.41, 5.74) is 11.0. The SMILES string of the molecule is NC(=O)c1ccc(-n2cc(Br)c(N)n2)nc1. The van der Waals surface area contributed by atoms with Gasteiger partial charge < -0.3 is 11.5 Å². The largest absolute Gasteiger partial charge is 0.381 e. The maximum atomic E-state index is 10.8.